The highest BCUT2D eigenvalue weighted by Gasteiger charge is 2.09. The highest BCUT2D eigenvalue weighted by molar-refractivity contribution is 7.98. The Labute approximate surface area is 86.6 Å². The molecule has 0 aliphatic carbocycles. The molecule has 0 bridgehead atoms. The monoisotopic (exact) mass is 215 g/mol. The van der Waals surface area contributed by atoms with Crippen LogP contribution in [0, 0.1) is 6.92 Å². The van der Waals surface area contributed by atoms with Crippen LogP contribution in [0.1, 0.15) is 11.1 Å². The van der Waals surface area contributed by atoms with Crippen molar-refractivity contribution in [2.75, 3.05) is 6.26 Å². The number of oxime groups is 1. The molecule has 0 unspecified atom stereocenters. The van der Waals surface area contributed by atoms with Crippen LogP contribution in [0.5, 0.6) is 0 Å². The minimum Gasteiger partial charge on any atom is -0.410 e. The highest BCUT2D eigenvalue weighted by Crippen LogP contribution is 2.24. The summed E-state index contributed by atoms with van der Waals surface area (Å²) in [6, 6.07) is 5.83. The van der Waals surface area contributed by atoms with Crippen LogP contribution in [0.3, 0.4) is 0 Å². The molecule has 0 atom stereocenters. The maximum atomic E-state index is 8.58. The zero-order valence-corrected chi connectivity index (χ0v) is 8.99. The summed E-state index contributed by atoms with van der Waals surface area (Å²) >= 11 is 7.34. The lowest BCUT2D eigenvalue weighted by molar-refractivity contribution is 0.320. The minimum absolute atomic E-state index is 0.141. The van der Waals surface area contributed by atoms with Gasteiger partial charge in [0, 0.05) is 10.5 Å². The molecule has 0 fully saturated rings. The summed E-state index contributed by atoms with van der Waals surface area (Å²) in [7, 11) is 0. The van der Waals surface area contributed by atoms with Gasteiger partial charge in [0.05, 0.1) is 0 Å². The summed E-state index contributed by atoms with van der Waals surface area (Å²) in [6.45, 7) is 1.93. The van der Waals surface area contributed by atoms with Gasteiger partial charge in [-0.2, -0.15) is 0 Å². The lowest BCUT2D eigenvalue weighted by Gasteiger charge is -2.07. The van der Waals surface area contributed by atoms with Crippen LogP contribution in [0.25, 0.3) is 0 Å². The first kappa shape index (κ1) is 10.4. The molecular formula is C9H10ClNOS. The second-order valence-corrected chi connectivity index (χ2v) is 3.75. The predicted octanol–water partition coefficient (Wildman–Crippen LogP) is 3.09. The molecule has 70 valence electrons. The number of nitrogens with zero attached hydrogens (tertiary/aromatic N) is 1. The van der Waals surface area contributed by atoms with Crippen molar-refractivity contribution in [3.8, 4) is 0 Å². The van der Waals surface area contributed by atoms with E-state index in [1.807, 2.05) is 31.4 Å². The van der Waals surface area contributed by atoms with Gasteiger partial charge in [0.1, 0.15) is 0 Å². The summed E-state index contributed by atoms with van der Waals surface area (Å²) in [5, 5.41) is 11.7. The fourth-order valence-corrected chi connectivity index (χ4v) is 2.11. The molecule has 0 saturated heterocycles. The number of rotatable bonds is 2. The zero-order valence-electron chi connectivity index (χ0n) is 7.41. The second kappa shape index (κ2) is 4.53. The first-order valence-electron chi connectivity index (χ1n) is 3.72. The molecule has 1 aromatic rings. The van der Waals surface area contributed by atoms with Crippen LogP contribution in [0.4, 0.5) is 0 Å². The molecule has 0 amide bonds. The smallest absolute Gasteiger partial charge is 0.176 e. The van der Waals surface area contributed by atoms with Crippen molar-refractivity contribution in [3.63, 3.8) is 0 Å². The minimum atomic E-state index is 0.141. The predicted molar refractivity (Wildman–Crippen MR) is 57.1 cm³/mol. The van der Waals surface area contributed by atoms with Crippen molar-refractivity contribution in [2.45, 2.75) is 11.8 Å². The Morgan fingerprint density at radius 3 is 2.77 bits per heavy atom. The van der Waals surface area contributed by atoms with Crippen LogP contribution in [-0.4, -0.2) is 16.6 Å². The molecule has 13 heavy (non-hydrogen) atoms. The standard InChI is InChI=1S/C9H10ClNOS/c1-6-4-3-5-7(13-2)8(6)9(10)11-12/h3-5,12H,1-2H3. The molecule has 0 aliphatic rings. The third-order valence-corrected chi connectivity index (χ3v) is 2.79. The van der Waals surface area contributed by atoms with Gasteiger partial charge in [-0.25, -0.2) is 0 Å². The maximum absolute atomic E-state index is 8.58. The van der Waals surface area contributed by atoms with Gasteiger partial charge in [-0.05, 0) is 24.8 Å². The Hall–Kier alpha value is -0.670. The van der Waals surface area contributed by atoms with Gasteiger partial charge in [0.15, 0.2) is 5.17 Å². The largest absolute Gasteiger partial charge is 0.410 e. The van der Waals surface area contributed by atoms with Gasteiger partial charge in [-0.3, -0.25) is 0 Å². The summed E-state index contributed by atoms with van der Waals surface area (Å²) in [4.78, 5) is 1.02. The van der Waals surface area contributed by atoms with Gasteiger partial charge in [0.2, 0.25) is 0 Å². The molecule has 0 saturated carbocycles. The Bertz CT molecular complexity index is 338. The number of halogens is 1. The van der Waals surface area contributed by atoms with E-state index in [9.17, 15) is 0 Å². The van der Waals surface area contributed by atoms with Crippen LogP contribution in [0.15, 0.2) is 28.3 Å². The van der Waals surface area contributed by atoms with Gasteiger partial charge in [-0.1, -0.05) is 28.9 Å². The molecule has 0 aromatic heterocycles. The van der Waals surface area contributed by atoms with Crippen LogP contribution >= 0.6 is 23.4 Å². The van der Waals surface area contributed by atoms with Crippen molar-refractivity contribution in [2.24, 2.45) is 5.16 Å². The van der Waals surface area contributed by atoms with Gasteiger partial charge >= 0.3 is 0 Å². The molecule has 1 rings (SSSR count). The molecule has 0 heterocycles. The van der Waals surface area contributed by atoms with E-state index in [1.165, 1.54) is 0 Å². The first-order chi connectivity index (χ1) is 6.20. The molecule has 1 N–H and O–H groups in total. The van der Waals surface area contributed by atoms with Gasteiger partial charge in [0.25, 0.3) is 0 Å². The Kier molecular flexibility index (Phi) is 3.63. The number of hydrogen-bond donors (Lipinski definition) is 1. The molecule has 0 radical (unpaired) electrons. The molecule has 4 heteroatoms. The van der Waals surface area contributed by atoms with E-state index in [-0.39, 0.29) is 5.17 Å². The van der Waals surface area contributed by atoms with Crippen molar-refractivity contribution in [1.29, 1.82) is 0 Å². The van der Waals surface area contributed by atoms with Crippen LogP contribution < -0.4 is 0 Å². The van der Waals surface area contributed by atoms with Gasteiger partial charge in [-0.15, -0.1) is 11.8 Å². The second-order valence-electron chi connectivity index (χ2n) is 2.54. The number of hydrogen-bond acceptors (Lipinski definition) is 3. The zero-order chi connectivity index (χ0) is 9.84. The number of aryl methyl sites for hydroxylation is 1. The molecule has 0 spiro atoms. The van der Waals surface area contributed by atoms with Crippen molar-refractivity contribution in [1.82, 2.24) is 0 Å². The SMILES string of the molecule is CSc1cccc(C)c1C(Cl)=NO. The Balaban J connectivity index is 3.31. The van der Waals surface area contributed by atoms with Crippen LogP contribution in [0.2, 0.25) is 0 Å². The van der Waals surface area contributed by atoms with Gasteiger partial charge < -0.3 is 5.21 Å². The Morgan fingerprint density at radius 1 is 1.54 bits per heavy atom. The summed E-state index contributed by atoms with van der Waals surface area (Å²) in [5.74, 6) is 0. The highest BCUT2D eigenvalue weighted by atomic mass is 35.5. The average Bonchev–Trinajstić information content (AvgIpc) is 2.16. The number of thioether (sulfide) groups is 1. The fourth-order valence-electron chi connectivity index (χ4n) is 1.13. The van der Waals surface area contributed by atoms with E-state index >= 15 is 0 Å². The summed E-state index contributed by atoms with van der Waals surface area (Å²) in [6.07, 6.45) is 1.96. The van der Waals surface area contributed by atoms with Crippen molar-refractivity contribution in [3.05, 3.63) is 29.3 Å². The van der Waals surface area contributed by atoms with E-state index in [0.29, 0.717) is 0 Å². The van der Waals surface area contributed by atoms with E-state index in [2.05, 4.69) is 5.16 Å². The fraction of sp³-hybridized carbons (Fsp3) is 0.222. The molecular weight excluding hydrogens is 206 g/mol. The molecule has 0 aliphatic heterocycles. The van der Waals surface area contributed by atoms with E-state index < -0.39 is 0 Å². The van der Waals surface area contributed by atoms with E-state index in [1.54, 1.807) is 11.8 Å². The number of benzene rings is 1. The lowest BCUT2D eigenvalue weighted by Crippen LogP contribution is -1.97. The third kappa shape index (κ3) is 2.17. The topological polar surface area (TPSA) is 32.6 Å². The van der Waals surface area contributed by atoms with E-state index in [0.717, 1.165) is 16.0 Å². The first-order valence-corrected chi connectivity index (χ1v) is 5.32. The van der Waals surface area contributed by atoms with Crippen LogP contribution in [-0.2, 0) is 0 Å². The van der Waals surface area contributed by atoms with E-state index in [4.69, 9.17) is 16.8 Å². The lowest BCUT2D eigenvalue weighted by atomic mass is 10.1. The normalized spacial score (nSPS) is 11.8. The van der Waals surface area contributed by atoms with Crippen molar-refractivity contribution >= 4 is 28.5 Å². The summed E-state index contributed by atoms with van der Waals surface area (Å²) < 4.78 is 0. The maximum Gasteiger partial charge on any atom is 0.176 e. The molecule has 2 nitrogen and oxygen atoms in total. The van der Waals surface area contributed by atoms with Crippen molar-refractivity contribution < 1.29 is 5.21 Å². The molecule has 1 aromatic carbocycles. The Morgan fingerprint density at radius 2 is 2.23 bits per heavy atom. The quantitative estimate of drug-likeness (QED) is 0.356. The average molecular weight is 216 g/mol. The summed E-state index contributed by atoms with van der Waals surface area (Å²) in [5.41, 5.74) is 1.81. The third-order valence-electron chi connectivity index (χ3n) is 1.75.